The van der Waals surface area contributed by atoms with E-state index in [0.29, 0.717) is 0 Å². The maximum atomic E-state index is 4.41. The number of likely N-dealkylation sites (N-methyl/N-ethyl adjacent to an activating group) is 1. The molecular formula is C12H18N6. The number of fused-ring (bicyclic) bond motifs is 1. The van der Waals surface area contributed by atoms with Gasteiger partial charge in [-0.2, -0.15) is 5.10 Å². The molecule has 1 fully saturated rings. The monoisotopic (exact) mass is 246 g/mol. The zero-order valence-electron chi connectivity index (χ0n) is 10.8. The summed E-state index contributed by atoms with van der Waals surface area (Å²) < 4.78 is 1.86. The maximum absolute atomic E-state index is 4.41. The standard InChI is InChI=1S/C12H18N6/c1-10-9-11-12(13-3-4-18(11)14-10)15-17-7-5-16(2)6-8-17/h3-4,9H,5-8H2,1-2H3,(H,13,15). The Labute approximate surface area is 106 Å². The van der Waals surface area contributed by atoms with Gasteiger partial charge < -0.3 is 10.3 Å². The van der Waals surface area contributed by atoms with E-state index in [2.05, 4.69) is 32.5 Å². The fourth-order valence-corrected chi connectivity index (χ4v) is 2.20. The third-order valence-electron chi connectivity index (χ3n) is 3.28. The molecule has 6 nitrogen and oxygen atoms in total. The Morgan fingerprint density at radius 1 is 1.22 bits per heavy atom. The van der Waals surface area contributed by atoms with Gasteiger partial charge >= 0.3 is 0 Å². The molecule has 3 heterocycles. The zero-order valence-corrected chi connectivity index (χ0v) is 10.8. The van der Waals surface area contributed by atoms with Gasteiger partial charge in [-0.1, -0.05) is 0 Å². The lowest BCUT2D eigenvalue weighted by atomic mass is 10.4. The number of hydrogen-bond acceptors (Lipinski definition) is 5. The summed E-state index contributed by atoms with van der Waals surface area (Å²) in [6, 6.07) is 2.05. The Bertz CT molecular complexity index is 540. The first-order chi connectivity index (χ1) is 8.72. The Kier molecular flexibility index (Phi) is 2.89. The highest BCUT2D eigenvalue weighted by molar-refractivity contribution is 5.67. The molecule has 0 unspecified atom stereocenters. The summed E-state index contributed by atoms with van der Waals surface area (Å²) in [5.74, 6) is 0.877. The quantitative estimate of drug-likeness (QED) is 0.841. The molecule has 0 atom stereocenters. The molecule has 0 amide bonds. The van der Waals surface area contributed by atoms with Crippen molar-refractivity contribution >= 4 is 11.3 Å². The molecule has 1 saturated heterocycles. The normalized spacial score (nSPS) is 18.3. The number of nitrogens with zero attached hydrogens (tertiary/aromatic N) is 5. The zero-order chi connectivity index (χ0) is 12.5. The lowest BCUT2D eigenvalue weighted by molar-refractivity contribution is 0.178. The van der Waals surface area contributed by atoms with Crippen molar-refractivity contribution in [3.63, 3.8) is 0 Å². The van der Waals surface area contributed by atoms with E-state index in [0.717, 1.165) is 43.2 Å². The number of piperazine rings is 1. The number of rotatable bonds is 2. The fourth-order valence-electron chi connectivity index (χ4n) is 2.20. The van der Waals surface area contributed by atoms with Gasteiger partial charge in [-0.05, 0) is 20.0 Å². The van der Waals surface area contributed by atoms with Gasteiger partial charge in [0.1, 0.15) is 5.52 Å². The first kappa shape index (κ1) is 11.4. The fraction of sp³-hybridized carbons (Fsp3) is 0.500. The highest BCUT2D eigenvalue weighted by atomic mass is 15.5. The largest absolute Gasteiger partial charge is 0.304 e. The molecule has 2 aromatic rings. The van der Waals surface area contributed by atoms with Crippen LogP contribution in [-0.4, -0.2) is 57.7 Å². The number of nitrogens with one attached hydrogen (secondary N) is 1. The van der Waals surface area contributed by atoms with Gasteiger partial charge in [-0.15, -0.1) is 0 Å². The number of hydrogen-bond donors (Lipinski definition) is 1. The highest BCUT2D eigenvalue weighted by Crippen LogP contribution is 2.15. The van der Waals surface area contributed by atoms with E-state index in [1.54, 1.807) is 6.20 Å². The molecular weight excluding hydrogens is 228 g/mol. The second-order valence-corrected chi connectivity index (χ2v) is 4.79. The molecule has 0 bridgehead atoms. The second-order valence-electron chi connectivity index (χ2n) is 4.79. The van der Waals surface area contributed by atoms with Gasteiger partial charge in [-0.3, -0.25) is 0 Å². The van der Waals surface area contributed by atoms with E-state index in [-0.39, 0.29) is 0 Å². The average molecular weight is 246 g/mol. The predicted octanol–water partition coefficient (Wildman–Crippen LogP) is 0.612. The number of aromatic nitrogens is 3. The molecule has 0 saturated carbocycles. The maximum Gasteiger partial charge on any atom is 0.166 e. The molecule has 96 valence electrons. The van der Waals surface area contributed by atoms with Gasteiger partial charge in [0.05, 0.1) is 5.69 Å². The Balaban J connectivity index is 1.82. The Morgan fingerprint density at radius 3 is 2.78 bits per heavy atom. The predicted molar refractivity (Wildman–Crippen MR) is 70.4 cm³/mol. The number of anilines is 1. The van der Waals surface area contributed by atoms with Crippen molar-refractivity contribution in [1.82, 2.24) is 24.5 Å². The van der Waals surface area contributed by atoms with Crippen LogP contribution < -0.4 is 5.43 Å². The van der Waals surface area contributed by atoms with Crippen molar-refractivity contribution in [2.75, 3.05) is 38.7 Å². The summed E-state index contributed by atoms with van der Waals surface area (Å²) >= 11 is 0. The van der Waals surface area contributed by atoms with E-state index >= 15 is 0 Å². The molecule has 1 N–H and O–H groups in total. The van der Waals surface area contributed by atoms with E-state index in [9.17, 15) is 0 Å². The summed E-state index contributed by atoms with van der Waals surface area (Å²) in [6.07, 6.45) is 3.65. The third-order valence-corrected chi connectivity index (χ3v) is 3.28. The lowest BCUT2D eigenvalue weighted by Crippen LogP contribution is -2.47. The molecule has 18 heavy (non-hydrogen) atoms. The minimum atomic E-state index is 0.877. The van der Waals surface area contributed by atoms with Crippen LogP contribution in [0.3, 0.4) is 0 Å². The molecule has 0 aromatic carbocycles. The van der Waals surface area contributed by atoms with Crippen LogP contribution in [0.2, 0.25) is 0 Å². The van der Waals surface area contributed by atoms with Crippen LogP contribution in [0, 0.1) is 6.92 Å². The van der Waals surface area contributed by atoms with Gasteiger partial charge in [-0.25, -0.2) is 14.5 Å². The van der Waals surface area contributed by atoms with Gasteiger partial charge in [0.25, 0.3) is 0 Å². The first-order valence-corrected chi connectivity index (χ1v) is 6.23. The first-order valence-electron chi connectivity index (χ1n) is 6.23. The summed E-state index contributed by atoms with van der Waals surface area (Å²) in [5, 5.41) is 6.60. The van der Waals surface area contributed by atoms with Gasteiger partial charge in [0.15, 0.2) is 5.82 Å². The van der Waals surface area contributed by atoms with E-state index < -0.39 is 0 Å². The molecule has 0 radical (unpaired) electrons. The van der Waals surface area contributed by atoms with E-state index in [4.69, 9.17) is 0 Å². The second kappa shape index (κ2) is 4.55. The Morgan fingerprint density at radius 2 is 2.00 bits per heavy atom. The smallest absolute Gasteiger partial charge is 0.166 e. The Hall–Kier alpha value is -1.66. The van der Waals surface area contributed by atoms with Crippen molar-refractivity contribution in [1.29, 1.82) is 0 Å². The molecule has 3 rings (SSSR count). The van der Waals surface area contributed by atoms with Crippen LogP contribution in [0.1, 0.15) is 5.69 Å². The average Bonchev–Trinajstić information content (AvgIpc) is 2.73. The number of aryl methyl sites for hydroxylation is 1. The summed E-state index contributed by atoms with van der Waals surface area (Å²) in [5.41, 5.74) is 5.42. The lowest BCUT2D eigenvalue weighted by Gasteiger charge is -2.32. The SMILES string of the molecule is Cc1cc2c(NN3CCN(C)CC3)nccn2n1. The summed E-state index contributed by atoms with van der Waals surface area (Å²) in [6.45, 7) is 6.16. The van der Waals surface area contributed by atoms with Crippen LogP contribution in [0.4, 0.5) is 5.82 Å². The third kappa shape index (κ3) is 2.16. The summed E-state index contributed by atoms with van der Waals surface area (Å²) in [4.78, 5) is 6.73. The highest BCUT2D eigenvalue weighted by Gasteiger charge is 2.15. The minimum Gasteiger partial charge on any atom is -0.304 e. The molecule has 2 aromatic heterocycles. The van der Waals surface area contributed by atoms with E-state index in [1.807, 2.05) is 23.7 Å². The van der Waals surface area contributed by atoms with Crippen molar-refractivity contribution in [2.45, 2.75) is 6.92 Å². The minimum absolute atomic E-state index is 0.877. The van der Waals surface area contributed by atoms with Crippen LogP contribution in [0.15, 0.2) is 18.5 Å². The summed E-state index contributed by atoms with van der Waals surface area (Å²) in [7, 11) is 2.15. The van der Waals surface area contributed by atoms with Gasteiger partial charge in [0.2, 0.25) is 0 Å². The van der Waals surface area contributed by atoms with Crippen LogP contribution in [0.5, 0.6) is 0 Å². The van der Waals surface area contributed by atoms with Crippen molar-refractivity contribution in [2.24, 2.45) is 0 Å². The molecule has 1 aliphatic heterocycles. The molecule has 6 heteroatoms. The van der Waals surface area contributed by atoms with E-state index in [1.165, 1.54) is 0 Å². The van der Waals surface area contributed by atoms with Crippen LogP contribution >= 0.6 is 0 Å². The van der Waals surface area contributed by atoms with Crippen molar-refractivity contribution in [3.05, 3.63) is 24.2 Å². The molecule has 0 spiro atoms. The molecule has 1 aliphatic rings. The van der Waals surface area contributed by atoms with Crippen LogP contribution in [-0.2, 0) is 0 Å². The van der Waals surface area contributed by atoms with Crippen LogP contribution in [0.25, 0.3) is 5.52 Å². The van der Waals surface area contributed by atoms with Crippen molar-refractivity contribution in [3.8, 4) is 0 Å². The van der Waals surface area contributed by atoms with Crippen molar-refractivity contribution < 1.29 is 0 Å². The number of hydrazine groups is 1. The topological polar surface area (TPSA) is 48.7 Å². The molecule has 0 aliphatic carbocycles. The van der Waals surface area contributed by atoms with Gasteiger partial charge in [0, 0.05) is 38.6 Å².